The van der Waals surface area contributed by atoms with Gasteiger partial charge in [-0.2, -0.15) is 0 Å². The Morgan fingerprint density at radius 3 is 2.49 bits per heavy atom. The maximum absolute atomic E-state index is 13.8. The molecule has 8 nitrogen and oxygen atoms in total. The molecule has 214 valence electrons. The highest BCUT2D eigenvalue weighted by Crippen LogP contribution is 2.44. The molecule has 3 heterocycles. The summed E-state index contributed by atoms with van der Waals surface area (Å²) in [5, 5.41) is 0. The Morgan fingerprint density at radius 2 is 1.73 bits per heavy atom. The van der Waals surface area contributed by atoms with Crippen molar-refractivity contribution in [2.45, 2.75) is 95.0 Å². The fraction of sp³-hybridized carbons (Fsp3) is 0.455. The van der Waals surface area contributed by atoms with Crippen LogP contribution in [-0.4, -0.2) is 50.5 Å². The highest BCUT2D eigenvalue weighted by atomic mass is 16.5. The topological polar surface area (TPSA) is 102 Å². The van der Waals surface area contributed by atoms with E-state index < -0.39 is 6.10 Å². The number of aryl methyl sites for hydroxylation is 1. The number of nitrogens with zero attached hydrogens (tertiary/aromatic N) is 4. The number of rotatable bonds is 6. The monoisotopic (exact) mass is 553 g/mol. The van der Waals surface area contributed by atoms with Crippen molar-refractivity contribution in [1.29, 1.82) is 0 Å². The van der Waals surface area contributed by atoms with Crippen molar-refractivity contribution in [2.24, 2.45) is 0 Å². The number of hydrogen-bond acceptors (Lipinski definition) is 6. The van der Waals surface area contributed by atoms with Crippen LogP contribution in [0.15, 0.2) is 67.3 Å². The molecule has 1 spiro atoms. The van der Waals surface area contributed by atoms with E-state index in [2.05, 4.69) is 29.0 Å². The molecule has 3 aliphatic rings. The van der Waals surface area contributed by atoms with Crippen molar-refractivity contribution in [1.82, 2.24) is 14.9 Å². The number of carbonyl (C=O) groups excluding carboxylic acids is 2. The van der Waals surface area contributed by atoms with Gasteiger partial charge in [-0.3, -0.25) is 9.59 Å². The minimum atomic E-state index is -0.433. The lowest BCUT2D eigenvalue weighted by molar-refractivity contribution is -0.141. The summed E-state index contributed by atoms with van der Waals surface area (Å²) in [5.74, 6) is 0.150. The van der Waals surface area contributed by atoms with Crippen LogP contribution in [0.5, 0.6) is 0 Å². The third-order valence-corrected chi connectivity index (χ3v) is 9.20. The van der Waals surface area contributed by atoms with Crippen molar-refractivity contribution in [2.75, 3.05) is 10.6 Å². The number of ether oxygens (including phenoxy) is 1. The van der Waals surface area contributed by atoms with Gasteiger partial charge in [-0.15, -0.1) is 0 Å². The van der Waals surface area contributed by atoms with Gasteiger partial charge < -0.3 is 20.3 Å². The second kappa shape index (κ2) is 11.6. The normalized spacial score (nSPS) is 25.6. The van der Waals surface area contributed by atoms with E-state index in [0.717, 1.165) is 79.4 Å². The molecule has 2 aromatic carbocycles. The van der Waals surface area contributed by atoms with Crippen LogP contribution in [0.4, 0.5) is 11.4 Å². The van der Waals surface area contributed by atoms with Crippen LogP contribution in [0.3, 0.4) is 0 Å². The minimum Gasteiger partial charge on any atom is -0.399 e. The standard InChI is InChI=1S/C33H39N5O3/c1-23-7-8-26-18-27(34)9-10-29(26)38(23)32(40)30-13-16-33(41-30)14-11-28(12-15-33)37(21-24-5-3-2-4-6-24)31(39)17-25-19-35-22-36-20-25/h2-6,9-10,18-20,22-23,28,30H,7-8,11-17,21,34H2,1H3. The molecule has 1 saturated carbocycles. The van der Waals surface area contributed by atoms with Crippen LogP contribution < -0.4 is 10.6 Å². The quantitative estimate of drug-likeness (QED) is 0.438. The van der Waals surface area contributed by atoms with Gasteiger partial charge in [0.2, 0.25) is 5.91 Å². The van der Waals surface area contributed by atoms with E-state index in [1.807, 2.05) is 46.2 Å². The van der Waals surface area contributed by atoms with Gasteiger partial charge in [0, 0.05) is 42.4 Å². The molecule has 8 heteroatoms. The molecule has 1 aliphatic carbocycles. The zero-order chi connectivity index (χ0) is 28.4. The molecule has 6 rings (SSSR count). The number of benzene rings is 2. The fourth-order valence-corrected chi connectivity index (χ4v) is 6.96. The van der Waals surface area contributed by atoms with Crippen LogP contribution in [-0.2, 0) is 33.7 Å². The van der Waals surface area contributed by atoms with Crippen molar-refractivity contribution < 1.29 is 14.3 Å². The summed E-state index contributed by atoms with van der Waals surface area (Å²) in [6.07, 6.45) is 11.6. The van der Waals surface area contributed by atoms with Gasteiger partial charge in [-0.05, 0) is 93.2 Å². The van der Waals surface area contributed by atoms with Gasteiger partial charge in [0.25, 0.3) is 5.91 Å². The highest BCUT2D eigenvalue weighted by molar-refractivity contribution is 5.98. The maximum Gasteiger partial charge on any atom is 0.256 e. The molecule has 2 atom stereocenters. The Labute approximate surface area is 241 Å². The third kappa shape index (κ3) is 5.84. The Balaban J connectivity index is 1.13. The predicted molar refractivity (Wildman–Crippen MR) is 158 cm³/mol. The van der Waals surface area contributed by atoms with Crippen molar-refractivity contribution >= 4 is 23.2 Å². The molecular formula is C33H39N5O3. The molecular weight excluding hydrogens is 514 g/mol. The number of aromatic nitrogens is 2. The molecule has 2 fully saturated rings. The van der Waals surface area contributed by atoms with Crippen LogP contribution in [0.2, 0.25) is 0 Å². The van der Waals surface area contributed by atoms with Crippen LogP contribution in [0, 0.1) is 0 Å². The summed E-state index contributed by atoms with van der Waals surface area (Å²) in [6.45, 7) is 2.69. The Bertz CT molecular complexity index is 1370. The Hall–Kier alpha value is -3.78. The molecule has 1 saturated heterocycles. The number of hydrogen-bond donors (Lipinski definition) is 1. The average Bonchev–Trinajstić information content (AvgIpc) is 3.40. The van der Waals surface area contributed by atoms with E-state index in [1.54, 1.807) is 12.4 Å². The molecule has 2 unspecified atom stereocenters. The van der Waals surface area contributed by atoms with E-state index in [9.17, 15) is 9.59 Å². The lowest BCUT2D eigenvalue weighted by atomic mass is 9.79. The van der Waals surface area contributed by atoms with Gasteiger partial charge >= 0.3 is 0 Å². The van der Waals surface area contributed by atoms with Crippen molar-refractivity contribution in [3.05, 3.63) is 83.9 Å². The summed E-state index contributed by atoms with van der Waals surface area (Å²) in [5.41, 5.74) is 10.5. The van der Waals surface area contributed by atoms with Crippen LogP contribution in [0.25, 0.3) is 0 Å². The minimum absolute atomic E-state index is 0.0631. The number of amides is 2. The van der Waals surface area contributed by atoms with Gasteiger partial charge in [-0.1, -0.05) is 30.3 Å². The molecule has 3 aromatic rings. The summed E-state index contributed by atoms with van der Waals surface area (Å²) in [7, 11) is 0. The summed E-state index contributed by atoms with van der Waals surface area (Å²) >= 11 is 0. The van der Waals surface area contributed by atoms with E-state index in [1.165, 1.54) is 6.33 Å². The second-order valence-corrected chi connectivity index (χ2v) is 12.0. The first-order valence-corrected chi connectivity index (χ1v) is 14.9. The Kier molecular flexibility index (Phi) is 7.75. The molecule has 0 radical (unpaired) electrons. The van der Waals surface area contributed by atoms with Crippen LogP contribution >= 0.6 is 0 Å². The first-order chi connectivity index (χ1) is 19.9. The smallest absolute Gasteiger partial charge is 0.256 e. The SMILES string of the molecule is CC1CCc2cc(N)ccc2N1C(=O)C1CCC2(CCC(N(Cc3ccccc3)C(=O)Cc3cncnc3)CC2)O1. The summed E-state index contributed by atoms with van der Waals surface area (Å²) in [4.78, 5) is 39.6. The summed E-state index contributed by atoms with van der Waals surface area (Å²) < 4.78 is 6.66. The molecule has 0 bridgehead atoms. The molecule has 1 aromatic heterocycles. The number of fused-ring (bicyclic) bond motifs is 1. The van der Waals surface area contributed by atoms with Crippen LogP contribution in [0.1, 0.15) is 68.6 Å². The van der Waals surface area contributed by atoms with Gasteiger partial charge in [-0.25, -0.2) is 9.97 Å². The highest BCUT2D eigenvalue weighted by Gasteiger charge is 2.48. The zero-order valence-corrected chi connectivity index (χ0v) is 23.7. The van der Waals surface area contributed by atoms with E-state index in [0.29, 0.717) is 6.54 Å². The third-order valence-electron chi connectivity index (χ3n) is 9.20. The first kappa shape index (κ1) is 27.4. The average molecular weight is 554 g/mol. The van der Waals surface area contributed by atoms with Gasteiger partial charge in [0.15, 0.2) is 0 Å². The lowest BCUT2D eigenvalue weighted by Crippen LogP contribution is -2.49. The molecule has 2 N–H and O–H groups in total. The largest absolute Gasteiger partial charge is 0.399 e. The van der Waals surface area contributed by atoms with Gasteiger partial charge in [0.05, 0.1) is 12.0 Å². The molecule has 2 amide bonds. The number of nitrogen functional groups attached to an aromatic ring is 1. The maximum atomic E-state index is 13.8. The zero-order valence-electron chi connectivity index (χ0n) is 23.7. The number of carbonyl (C=O) groups is 2. The van der Waals surface area contributed by atoms with Crippen molar-refractivity contribution in [3.8, 4) is 0 Å². The lowest BCUT2D eigenvalue weighted by Gasteiger charge is -2.42. The predicted octanol–water partition coefficient (Wildman–Crippen LogP) is 4.86. The van der Waals surface area contributed by atoms with E-state index >= 15 is 0 Å². The second-order valence-electron chi connectivity index (χ2n) is 12.0. The summed E-state index contributed by atoms with van der Waals surface area (Å²) in [6, 6.07) is 16.3. The first-order valence-electron chi connectivity index (χ1n) is 14.9. The Morgan fingerprint density at radius 1 is 1.00 bits per heavy atom. The number of nitrogens with two attached hydrogens (primary N) is 1. The van der Waals surface area contributed by atoms with Crippen molar-refractivity contribution in [3.63, 3.8) is 0 Å². The molecule has 2 aliphatic heterocycles. The van der Waals surface area contributed by atoms with E-state index in [-0.39, 0.29) is 35.9 Å². The van der Waals surface area contributed by atoms with Gasteiger partial charge in [0.1, 0.15) is 12.4 Å². The fourth-order valence-electron chi connectivity index (χ4n) is 6.96. The molecule has 41 heavy (non-hydrogen) atoms. The number of anilines is 2. The van der Waals surface area contributed by atoms with E-state index in [4.69, 9.17) is 10.5 Å².